The molecule has 5 nitrogen and oxygen atoms in total. The van der Waals surface area contributed by atoms with Gasteiger partial charge in [-0.3, -0.25) is 0 Å². The number of nitrogens with one attached hydrogen (secondary N) is 1. The Hall–Kier alpha value is -2.27. The number of carbonyl (C=O) groups excluding carboxylic acids is 1. The molecule has 0 saturated carbocycles. The molecule has 0 aliphatic carbocycles. The zero-order valence-electron chi connectivity index (χ0n) is 15.3. The van der Waals surface area contributed by atoms with E-state index in [0.29, 0.717) is 11.5 Å². The highest BCUT2D eigenvalue weighted by molar-refractivity contribution is 5.75. The molecule has 1 aliphatic heterocycles. The standard InChI is InChI=1S/C20H27NO4/c1-14(2)21-19(23)24-17-8-5-9-18-16(17)10-12-20(4,25-18)11-6-7-15(3)13-22/h5,7-10,12,14,22H,6,11,13H2,1-4H3,(H,21,23)/b15-7+. The summed E-state index contributed by atoms with van der Waals surface area (Å²) in [6.45, 7) is 7.76. The molecule has 1 aliphatic rings. The fourth-order valence-corrected chi connectivity index (χ4v) is 2.58. The van der Waals surface area contributed by atoms with Crippen LogP contribution in [0.5, 0.6) is 11.5 Å². The quantitative estimate of drug-likeness (QED) is 0.763. The van der Waals surface area contributed by atoms with Crippen molar-refractivity contribution in [3.05, 3.63) is 41.5 Å². The van der Waals surface area contributed by atoms with Crippen LogP contribution in [0.2, 0.25) is 0 Å². The molecule has 2 rings (SSSR count). The van der Waals surface area contributed by atoms with E-state index in [-0.39, 0.29) is 12.6 Å². The number of hydrogen-bond acceptors (Lipinski definition) is 4. The maximum absolute atomic E-state index is 11.8. The number of benzene rings is 1. The van der Waals surface area contributed by atoms with E-state index in [1.807, 2.05) is 58.1 Å². The van der Waals surface area contributed by atoms with Gasteiger partial charge < -0.3 is 19.9 Å². The van der Waals surface area contributed by atoms with Crippen LogP contribution in [0.25, 0.3) is 6.08 Å². The minimum atomic E-state index is -0.477. The summed E-state index contributed by atoms with van der Waals surface area (Å²) >= 11 is 0. The van der Waals surface area contributed by atoms with Gasteiger partial charge in [0.05, 0.1) is 12.2 Å². The lowest BCUT2D eigenvalue weighted by Gasteiger charge is -2.32. The summed E-state index contributed by atoms with van der Waals surface area (Å²) in [7, 11) is 0. The van der Waals surface area contributed by atoms with Gasteiger partial charge in [0, 0.05) is 6.04 Å². The van der Waals surface area contributed by atoms with E-state index in [9.17, 15) is 4.79 Å². The monoisotopic (exact) mass is 345 g/mol. The van der Waals surface area contributed by atoms with Gasteiger partial charge in [-0.15, -0.1) is 0 Å². The van der Waals surface area contributed by atoms with E-state index in [2.05, 4.69) is 5.32 Å². The number of rotatable bonds is 6. The number of hydrogen-bond donors (Lipinski definition) is 2. The topological polar surface area (TPSA) is 67.8 Å². The summed E-state index contributed by atoms with van der Waals surface area (Å²) in [5, 5.41) is 11.8. The van der Waals surface area contributed by atoms with Crippen molar-refractivity contribution >= 4 is 12.2 Å². The summed E-state index contributed by atoms with van der Waals surface area (Å²) in [6.07, 6.45) is 7.09. The number of allylic oxidation sites excluding steroid dienone is 1. The van der Waals surface area contributed by atoms with Gasteiger partial charge in [-0.05, 0) is 64.8 Å². The molecule has 0 saturated heterocycles. The van der Waals surface area contributed by atoms with Crippen molar-refractivity contribution in [2.24, 2.45) is 0 Å². The van der Waals surface area contributed by atoms with Crippen LogP contribution in [0, 0.1) is 0 Å². The van der Waals surface area contributed by atoms with Crippen molar-refractivity contribution in [3.8, 4) is 11.5 Å². The van der Waals surface area contributed by atoms with E-state index in [0.717, 1.165) is 24.0 Å². The van der Waals surface area contributed by atoms with Gasteiger partial charge in [0.15, 0.2) is 0 Å². The Morgan fingerprint density at radius 1 is 1.44 bits per heavy atom. The Bertz CT molecular complexity index is 678. The normalized spacial score (nSPS) is 19.4. The molecule has 0 radical (unpaired) electrons. The number of aliphatic hydroxyl groups is 1. The molecular formula is C20H27NO4. The Labute approximate surface area is 149 Å². The van der Waals surface area contributed by atoms with Gasteiger partial charge in [0.2, 0.25) is 0 Å². The summed E-state index contributed by atoms with van der Waals surface area (Å²) in [4.78, 5) is 11.8. The summed E-state index contributed by atoms with van der Waals surface area (Å²) in [5.74, 6) is 1.17. The van der Waals surface area contributed by atoms with Crippen molar-refractivity contribution in [1.29, 1.82) is 0 Å². The second-order valence-electron chi connectivity index (χ2n) is 6.85. The molecule has 136 valence electrons. The van der Waals surface area contributed by atoms with Gasteiger partial charge in [0.1, 0.15) is 17.1 Å². The molecular weight excluding hydrogens is 318 g/mol. The van der Waals surface area contributed by atoms with Crippen molar-refractivity contribution in [3.63, 3.8) is 0 Å². The van der Waals surface area contributed by atoms with Crippen molar-refractivity contribution in [1.82, 2.24) is 5.32 Å². The van der Waals surface area contributed by atoms with Crippen LogP contribution in [0.3, 0.4) is 0 Å². The van der Waals surface area contributed by atoms with E-state index in [1.165, 1.54) is 0 Å². The number of carbonyl (C=O) groups is 1. The highest BCUT2D eigenvalue weighted by Crippen LogP contribution is 2.38. The largest absolute Gasteiger partial charge is 0.483 e. The first kappa shape index (κ1) is 19.1. The van der Waals surface area contributed by atoms with Gasteiger partial charge in [0.25, 0.3) is 0 Å². The van der Waals surface area contributed by atoms with E-state index in [4.69, 9.17) is 14.6 Å². The van der Waals surface area contributed by atoms with Gasteiger partial charge in [-0.25, -0.2) is 4.79 Å². The molecule has 1 unspecified atom stereocenters. The number of aliphatic hydroxyl groups excluding tert-OH is 1. The van der Waals surface area contributed by atoms with Gasteiger partial charge >= 0.3 is 6.09 Å². The minimum absolute atomic E-state index is 0.0116. The van der Waals surface area contributed by atoms with Gasteiger partial charge in [-0.2, -0.15) is 0 Å². The molecule has 0 fully saturated rings. The maximum Gasteiger partial charge on any atom is 0.412 e. The van der Waals surface area contributed by atoms with Crippen LogP contribution >= 0.6 is 0 Å². The Kier molecular flexibility index (Phi) is 6.26. The summed E-state index contributed by atoms with van der Waals surface area (Å²) in [6, 6.07) is 5.45. The molecule has 1 aromatic rings. The Morgan fingerprint density at radius 3 is 2.88 bits per heavy atom. The third-order valence-electron chi connectivity index (χ3n) is 3.96. The molecule has 1 atom stereocenters. The molecule has 1 amide bonds. The zero-order valence-corrected chi connectivity index (χ0v) is 15.3. The smallest absolute Gasteiger partial charge is 0.412 e. The molecule has 0 aromatic heterocycles. The lowest BCUT2D eigenvalue weighted by molar-refractivity contribution is 0.128. The van der Waals surface area contributed by atoms with E-state index in [1.54, 1.807) is 6.07 Å². The Morgan fingerprint density at radius 2 is 2.20 bits per heavy atom. The molecule has 2 N–H and O–H groups in total. The first-order valence-electron chi connectivity index (χ1n) is 8.59. The highest BCUT2D eigenvalue weighted by Gasteiger charge is 2.28. The van der Waals surface area contributed by atoms with Crippen LogP contribution in [0.4, 0.5) is 4.79 Å². The first-order valence-corrected chi connectivity index (χ1v) is 8.59. The van der Waals surface area contributed by atoms with E-state index >= 15 is 0 Å². The Balaban J connectivity index is 2.10. The lowest BCUT2D eigenvalue weighted by Crippen LogP contribution is -2.33. The predicted molar refractivity (Wildman–Crippen MR) is 98.9 cm³/mol. The van der Waals surface area contributed by atoms with Crippen LogP contribution in [0.15, 0.2) is 35.9 Å². The first-order chi connectivity index (χ1) is 11.8. The molecule has 0 bridgehead atoms. The molecule has 1 heterocycles. The van der Waals surface area contributed by atoms with Crippen molar-refractivity contribution < 1.29 is 19.4 Å². The number of fused-ring (bicyclic) bond motifs is 1. The minimum Gasteiger partial charge on any atom is -0.483 e. The van der Waals surface area contributed by atoms with Crippen LogP contribution in [-0.2, 0) is 0 Å². The molecule has 1 aromatic carbocycles. The van der Waals surface area contributed by atoms with E-state index < -0.39 is 11.7 Å². The maximum atomic E-state index is 11.8. The van der Waals surface area contributed by atoms with Gasteiger partial charge in [-0.1, -0.05) is 17.7 Å². The van der Waals surface area contributed by atoms with Crippen molar-refractivity contribution in [2.45, 2.75) is 52.2 Å². The lowest BCUT2D eigenvalue weighted by atomic mass is 9.94. The average molecular weight is 345 g/mol. The molecule has 25 heavy (non-hydrogen) atoms. The second-order valence-corrected chi connectivity index (χ2v) is 6.85. The fraction of sp³-hybridized carbons (Fsp3) is 0.450. The summed E-state index contributed by atoms with van der Waals surface area (Å²) in [5.41, 5.74) is 1.29. The van der Waals surface area contributed by atoms with Crippen LogP contribution in [-0.4, -0.2) is 29.4 Å². The third kappa shape index (κ3) is 5.36. The van der Waals surface area contributed by atoms with Crippen LogP contribution < -0.4 is 14.8 Å². The van der Waals surface area contributed by atoms with Crippen LogP contribution in [0.1, 0.15) is 46.1 Å². The number of ether oxygens (including phenoxy) is 2. The summed E-state index contributed by atoms with van der Waals surface area (Å²) < 4.78 is 11.5. The predicted octanol–water partition coefficient (Wildman–Crippen LogP) is 4.07. The SMILES string of the molecule is C/C(=C\CCC1(C)C=Cc2c(OC(=O)NC(C)C)cccc2O1)CO. The third-order valence-corrected chi connectivity index (χ3v) is 3.96. The van der Waals surface area contributed by atoms with Crippen molar-refractivity contribution in [2.75, 3.05) is 6.61 Å². The molecule has 0 spiro atoms. The fourth-order valence-electron chi connectivity index (χ4n) is 2.58. The number of amides is 1. The zero-order chi connectivity index (χ0) is 18.4. The average Bonchev–Trinajstić information content (AvgIpc) is 2.53. The second kappa shape index (κ2) is 8.21. The highest BCUT2D eigenvalue weighted by atomic mass is 16.6. The molecule has 5 heteroatoms.